The minimum atomic E-state index is -3.50. The van der Waals surface area contributed by atoms with Crippen molar-refractivity contribution in [2.75, 3.05) is 13.1 Å². The van der Waals surface area contributed by atoms with Gasteiger partial charge in [0.15, 0.2) is 0 Å². The second-order valence-electron chi connectivity index (χ2n) is 6.80. The van der Waals surface area contributed by atoms with Gasteiger partial charge in [-0.2, -0.15) is 4.31 Å². The van der Waals surface area contributed by atoms with Gasteiger partial charge in [0.2, 0.25) is 10.0 Å². The lowest BCUT2D eigenvalue weighted by Crippen LogP contribution is -2.27. The molecule has 8 nitrogen and oxygen atoms in total. The van der Waals surface area contributed by atoms with Crippen molar-refractivity contribution < 1.29 is 13.2 Å². The van der Waals surface area contributed by atoms with Crippen molar-refractivity contribution in [3.8, 4) is 5.82 Å². The summed E-state index contributed by atoms with van der Waals surface area (Å²) in [7, 11) is -3.50. The highest BCUT2D eigenvalue weighted by Gasteiger charge is 2.27. The monoisotopic (exact) mass is 411 g/mol. The second-order valence-corrected chi connectivity index (χ2v) is 8.74. The number of hydrogen-bond acceptors (Lipinski definition) is 5. The Morgan fingerprint density at radius 1 is 1.03 bits per heavy atom. The quantitative estimate of drug-likeness (QED) is 0.669. The van der Waals surface area contributed by atoms with E-state index in [-0.39, 0.29) is 16.5 Å². The van der Waals surface area contributed by atoms with Crippen molar-refractivity contribution in [3.05, 3.63) is 72.4 Å². The number of amides is 1. The molecule has 1 aliphatic heterocycles. The molecule has 0 atom stereocenters. The SMILES string of the molecule is O=C(NCc1ccccc1)c1cn(-c2ccc(S(=O)(=O)N3CCCC3)cn2)cn1. The van der Waals surface area contributed by atoms with Crippen LogP contribution < -0.4 is 5.32 Å². The van der Waals surface area contributed by atoms with Crippen molar-refractivity contribution in [3.63, 3.8) is 0 Å². The van der Waals surface area contributed by atoms with Gasteiger partial charge in [0.1, 0.15) is 22.7 Å². The van der Waals surface area contributed by atoms with Crippen molar-refractivity contribution in [2.45, 2.75) is 24.3 Å². The third-order valence-electron chi connectivity index (χ3n) is 4.80. The van der Waals surface area contributed by atoms with Gasteiger partial charge in [-0.1, -0.05) is 30.3 Å². The Morgan fingerprint density at radius 3 is 2.48 bits per heavy atom. The number of carbonyl (C=O) groups is 1. The third-order valence-corrected chi connectivity index (χ3v) is 6.68. The predicted molar refractivity (Wildman–Crippen MR) is 107 cm³/mol. The Kier molecular flexibility index (Phi) is 5.41. The normalized spacial score (nSPS) is 14.8. The molecule has 0 bridgehead atoms. The van der Waals surface area contributed by atoms with E-state index in [0.717, 1.165) is 18.4 Å². The fraction of sp³-hybridized carbons (Fsp3) is 0.250. The molecule has 1 aliphatic rings. The third kappa shape index (κ3) is 4.20. The first kappa shape index (κ1) is 19.3. The van der Waals surface area contributed by atoms with Crippen LogP contribution in [0.1, 0.15) is 28.9 Å². The first-order valence-corrected chi connectivity index (χ1v) is 10.8. The zero-order valence-corrected chi connectivity index (χ0v) is 16.5. The summed E-state index contributed by atoms with van der Waals surface area (Å²) in [5.41, 5.74) is 1.26. The van der Waals surface area contributed by atoms with Crippen molar-refractivity contribution in [2.24, 2.45) is 0 Å². The number of aromatic nitrogens is 3. The second kappa shape index (κ2) is 8.14. The van der Waals surface area contributed by atoms with Crippen LogP contribution >= 0.6 is 0 Å². The van der Waals surface area contributed by atoms with Gasteiger partial charge in [0.25, 0.3) is 5.91 Å². The number of nitrogens with one attached hydrogen (secondary N) is 1. The summed E-state index contributed by atoms with van der Waals surface area (Å²) in [6.07, 6.45) is 6.16. The van der Waals surface area contributed by atoms with E-state index >= 15 is 0 Å². The predicted octanol–water partition coefficient (Wildman–Crippen LogP) is 1.98. The van der Waals surface area contributed by atoms with E-state index in [4.69, 9.17) is 0 Å². The van der Waals surface area contributed by atoms with Crippen molar-refractivity contribution in [1.29, 1.82) is 0 Å². The van der Waals surface area contributed by atoms with E-state index in [9.17, 15) is 13.2 Å². The molecule has 29 heavy (non-hydrogen) atoms. The van der Waals surface area contributed by atoms with Crippen LogP contribution in [0.5, 0.6) is 0 Å². The van der Waals surface area contributed by atoms with Gasteiger partial charge in [0.05, 0.1) is 0 Å². The van der Waals surface area contributed by atoms with Gasteiger partial charge in [-0.05, 0) is 30.5 Å². The van der Waals surface area contributed by atoms with Crippen LogP contribution in [0.2, 0.25) is 0 Å². The molecule has 1 fully saturated rings. The fourth-order valence-electron chi connectivity index (χ4n) is 3.19. The van der Waals surface area contributed by atoms with Gasteiger partial charge in [-0.25, -0.2) is 18.4 Å². The Balaban J connectivity index is 1.44. The highest BCUT2D eigenvalue weighted by molar-refractivity contribution is 7.89. The van der Waals surface area contributed by atoms with E-state index in [1.54, 1.807) is 16.8 Å². The average Bonchev–Trinajstić information content (AvgIpc) is 3.45. The lowest BCUT2D eigenvalue weighted by atomic mass is 10.2. The Labute approximate surface area is 169 Å². The molecule has 3 aromatic rings. The molecule has 2 aromatic heterocycles. The van der Waals surface area contributed by atoms with Crippen LogP contribution in [0.15, 0.2) is 66.1 Å². The van der Waals surface area contributed by atoms with E-state index in [0.29, 0.717) is 25.5 Å². The van der Waals surface area contributed by atoms with E-state index < -0.39 is 10.0 Å². The maximum Gasteiger partial charge on any atom is 0.271 e. The molecule has 1 aromatic carbocycles. The van der Waals surface area contributed by atoms with Crippen molar-refractivity contribution in [1.82, 2.24) is 24.2 Å². The summed E-state index contributed by atoms with van der Waals surface area (Å²) in [5, 5.41) is 2.82. The van der Waals surface area contributed by atoms with E-state index in [2.05, 4.69) is 15.3 Å². The highest BCUT2D eigenvalue weighted by Crippen LogP contribution is 2.20. The number of imidazole rings is 1. The molecule has 150 valence electrons. The lowest BCUT2D eigenvalue weighted by molar-refractivity contribution is 0.0946. The summed E-state index contributed by atoms with van der Waals surface area (Å²) in [6.45, 7) is 1.51. The van der Waals surface area contributed by atoms with Gasteiger partial charge < -0.3 is 5.32 Å². The molecule has 1 saturated heterocycles. The molecule has 1 amide bonds. The smallest absolute Gasteiger partial charge is 0.271 e. The molecule has 0 unspecified atom stereocenters. The van der Waals surface area contributed by atoms with E-state index in [1.165, 1.54) is 22.9 Å². The van der Waals surface area contributed by atoms with Crippen LogP contribution in [0, 0.1) is 0 Å². The number of rotatable bonds is 6. The minimum absolute atomic E-state index is 0.170. The Hall–Kier alpha value is -3.04. The van der Waals surface area contributed by atoms with Gasteiger partial charge in [-0.3, -0.25) is 9.36 Å². The summed E-state index contributed by atoms with van der Waals surface area (Å²) >= 11 is 0. The first-order valence-electron chi connectivity index (χ1n) is 9.37. The number of nitrogens with zero attached hydrogens (tertiary/aromatic N) is 4. The van der Waals surface area contributed by atoms with Crippen molar-refractivity contribution >= 4 is 15.9 Å². The maximum atomic E-state index is 12.6. The maximum absolute atomic E-state index is 12.6. The first-order chi connectivity index (χ1) is 14.0. The van der Waals surface area contributed by atoms with Crippen LogP contribution in [0.25, 0.3) is 5.82 Å². The van der Waals surface area contributed by atoms with Gasteiger partial charge in [-0.15, -0.1) is 0 Å². The number of benzene rings is 1. The number of sulfonamides is 1. The molecular formula is C20H21N5O3S. The lowest BCUT2D eigenvalue weighted by Gasteiger charge is -2.15. The Bertz CT molecular complexity index is 1090. The zero-order valence-electron chi connectivity index (χ0n) is 15.7. The van der Waals surface area contributed by atoms with Gasteiger partial charge >= 0.3 is 0 Å². The number of pyridine rings is 1. The summed E-state index contributed by atoms with van der Waals surface area (Å²) in [4.78, 5) is 20.8. The molecule has 0 saturated carbocycles. The summed E-state index contributed by atoms with van der Waals surface area (Å²) < 4.78 is 28.2. The summed E-state index contributed by atoms with van der Waals surface area (Å²) in [5.74, 6) is 0.195. The number of carbonyl (C=O) groups excluding carboxylic acids is 1. The van der Waals surface area contributed by atoms with Gasteiger partial charge in [0, 0.05) is 32.0 Å². The topological polar surface area (TPSA) is 97.2 Å². The molecule has 0 aliphatic carbocycles. The average molecular weight is 411 g/mol. The molecule has 0 spiro atoms. The molecule has 3 heterocycles. The van der Waals surface area contributed by atoms with Crippen LogP contribution in [-0.4, -0.2) is 46.3 Å². The standard InChI is InChI=1S/C20H21N5O3S/c26-20(22-12-16-6-2-1-3-7-16)18-14-24(15-23-18)19-9-8-17(13-21-19)29(27,28)25-10-4-5-11-25/h1-3,6-9,13-15H,4-5,10-12H2,(H,22,26). The zero-order chi connectivity index (χ0) is 20.3. The Morgan fingerprint density at radius 2 is 1.79 bits per heavy atom. The molecule has 4 rings (SSSR count). The van der Waals surface area contributed by atoms with E-state index in [1.807, 2.05) is 30.3 Å². The summed E-state index contributed by atoms with van der Waals surface area (Å²) in [6, 6.07) is 12.7. The number of hydrogen-bond donors (Lipinski definition) is 1. The molecular weight excluding hydrogens is 390 g/mol. The largest absolute Gasteiger partial charge is 0.347 e. The van der Waals surface area contributed by atoms with Crippen LogP contribution in [0.3, 0.4) is 0 Å². The minimum Gasteiger partial charge on any atom is -0.347 e. The molecule has 1 N–H and O–H groups in total. The fourth-order valence-corrected chi connectivity index (χ4v) is 4.65. The molecule has 0 radical (unpaired) electrons. The highest BCUT2D eigenvalue weighted by atomic mass is 32.2. The van der Waals surface area contributed by atoms with Crippen LogP contribution in [-0.2, 0) is 16.6 Å². The van der Waals surface area contributed by atoms with Crippen LogP contribution in [0.4, 0.5) is 0 Å². The molecule has 9 heteroatoms.